The molecule has 166 valence electrons. The maximum Gasteiger partial charge on any atom is 0.226 e. The smallest absolute Gasteiger partial charge is 0.226 e. The molecule has 1 aliphatic rings. The van der Waals surface area contributed by atoms with Crippen molar-refractivity contribution < 1.29 is 13.9 Å². The lowest BCUT2D eigenvalue weighted by molar-refractivity contribution is 0.159. The average Bonchev–Trinajstić information content (AvgIpc) is 3.46. The van der Waals surface area contributed by atoms with Crippen LogP contribution in [0.1, 0.15) is 12.0 Å². The Kier molecular flexibility index (Phi) is 5.28. The molecular weight excluding hydrogens is 414 g/mol. The van der Waals surface area contributed by atoms with E-state index >= 15 is 0 Å². The zero-order chi connectivity index (χ0) is 22.2. The number of hydrogen-bond acceptors (Lipinski definition) is 5. The summed E-state index contributed by atoms with van der Waals surface area (Å²) in [4.78, 5) is 1.64. The van der Waals surface area contributed by atoms with E-state index in [0.717, 1.165) is 28.4 Å². The number of aliphatic hydroxyl groups excluding tert-OH is 1. The Hall–Kier alpha value is -3.43. The van der Waals surface area contributed by atoms with Gasteiger partial charge in [-0.25, -0.2) is 8.78 Å². The lowest BCUT2D eigenvalue weighted by Crippen LogP contribution is -2.40. The average molecular weight is 438 g/mol. The molecule has 4 aromatic rings. The summed E-state index contributed by atoms with van der Waals surface area (Å²) in [7, 11) is 0. The molecule has 9 heteroatoms. The van der Waals surface area contributed by atoms with Crippen molar-refractivity contribution in [3.05, 3.63) is 66.2 Å². The minimum atomic E-state index is -1.13. The fraction of sp³-hybridized carbons (Fsp3) is 0.261. The van der Waals surface area contributed by atoms with Crippen LogP contribution in [0.2, 0.25) is 0 Å². The standard InChI is InChI=1S/C23H24F2N6O/c24-8-11-30-13-18(16-4-1-2-5-19(16)30)22-27-28-23(32)31(22)21-14-29(10-3-9-26)20-7-6-15(25)12-17(20)21/h1-2,4-7,12-14,23,28,32H,3,8-11,26H2. The van der Waals surface area contributed by atoms with Gasteiger partial charge in [-0.15, -0.1) is 0 Å². The molecule has 5 rings (SSSR count). The number of aromatic nitrogens is 2. The monoisotopic (exact) mass is 438 g/mol. The fourth-order valence-electron chi connectivity index (χ4n) is 4.37. The Morgan fingerprint density at radius 2 is 1.81 bits per heavy atom. The summed E-state index contributed by atoms with van der Waals surface area (Å²) in [5.41, 5.74) is 11.5. The Bertz CT molecular complexity index is 1310. The number of rotatable bonds is 7. The quantitative estimate of drug-likeness (QED) is 0.414. The first kappa shape index (κ1) is 20.5. The molecule has 2 aromatic heterocycles. The minimum Gasteiger partial charge on any atom is -0.355 e. The van der Waals surface area contributed by atoms with Crippen molar-refractivity contribution in [1.82, 2.24) is 14.6 Å². The third kappa shape index (κ3) is 3.30. The highest BCUT2D eigenvalue weighted by atomic mass is 19.1. The van der Waals surface area contributed by atoms with Crippen molar-refractivity contribution >= 4 is 33.3 Å². The van der Waals surface area contributed by atoms with Crippen LogP contribution in [0, 0.1) is 5.82 Å². The first-order valence-corrected chi connectivity index (χ1v) is 10.6. The van der Waals surface area contributed by atoms with Crippen molar-refractivity contribution in [3.8, 4) is 0 Å². The highest BCUT2D eigenvalue weighted by Crippen LogP contribution is 2.35. The summed E-state index contributed by atoms with van der Waals surface area (Å²) in [5, 5.41) is 16.7. The van der Waals surface area contributed by atoms with Gasteiger partial charge in [0, 0.05) is 40.8 Å². The highest BCUT2D eigenvalue weighted by molar-refractivity contribution is 6.20. The van der Waals surface area contributed by atoms with E-state index in [1.807, 2.05) is 45.8 Å². The molecule has 0 spiro atoms. The molecule has 3 heterocycles. The summed E-state index contributed by atoms with van der Waals surface area (Å²) in [6.45, 7) is 0.916. The Morgan fingerprint density at radius 1 is 1.03 bits per heavy atom. The van der Waals surface area contributed by atoms with Gasteiger partial charge in [-0.2, -0.15) is 5.10 Å². The summed E-state index contributed by atoms with van der Waals surface area (Å²) in [6.07, 6.45) is 3.35. The number of nitrogens with one attached hydrogen (secondary N) is 1. The summed E-state index contributed by atoms with van der Waals surface area (Å²) in [6, 6.07) is 12.3. The van der Waals surface area contributed by atoms with E-state index in [-0.39, 0.29) is 12.4 Å². The lowest BCUT2D eigenvalue weighted by atomic mass is 10.1. The maximum absolute atomic E-state index is 14.2. The minimum absolute atomic E-state index is 0.216. The van der Waals surface area contributed by atoms with Gasteiger partial charge in [0.15, 0.2) is 5.84 Å². The number of anilines is 1. The van der Waals surface area contributed by atoms with E-state index < -0.39 is 13.0 Å². The van der Waals surface area contributed by atoms with Crippen LogP contribution in [0.15, 0.2) is 60.0 Å². The van der Waals surface area contributed by atoms with Crippen LogP contribution < -0.4 is 16.1 Å². The van der Waals surface area contributed by atoms with Crippen LogP contribution in [0.3, 0.4) is 0 Å². The van der Waals surface area contributed by atoms with Crippen molar-refractivity contribution in [3.63, 3.8) is 0 Å². The van der Waals surface area contributed by atoms with Crippen molar-refractivity contribution in [2.24, 2.45) is 10.8 Å². The van der Waals surface area contributed by atoms with Gasteiger partial charge in [0.05, 0.1) is 17.7 Å². The zero-order valence-corrected chi connectivity index (χ0v) is 17.4. The number of nitrogens with two attached hydrogens (primary N) is 1. The van der Waals surface area contributed by atoms with Gasteiger partial charge in [0.25, 0.3) is 0 Å². The summed E-state index contributed by atoms with van der Waals surface area (Å²) in [5.74, 6) is 0.114. The van der Waals surface area contributed by atoms with E-state index in [2.05, 4.69) is 10.5 Å². The zero-order valence-electron chi connectivity index (χ0n) is 17.4. The van der Waals surface area contributed by atoms with E-state index in [1.54, 1.807) is 11.0 Å². The van der Waals surface area contributed by atoms with E-state index in [0.29, 0.717) is 30.0 Å². The second-order valence-electron chi connectivity index (χ2n) is 7.76. The predicted octanol–water partition coefficient (Wildman–Crippen LogP) is 3.10. The number of hydrazone groups is 1. The Labute approximate surface area is 183 Å². The number of aryl methyl sites for hydroxylation is 2. The molecule has 0 saturated carbocycles. The van der Waals surface area contributed by atoms with Crippen LogP contribution >= 0.6 is 0 Å². The fourth-order valence-corrected chi connectivity index (χ4v) is 4.37. The number of alkyl halides is 1. The maximum atomic E-state index is 14.2. The second kappa shape index (κ2) is 8.25. The molecule has 2 aromatic carbocycles. The van der Waals surface area contributed by atoms with Gasteiger partial charge in [0.2, 0.25) is 6.35 Å². The second-order valence-corrected chi connectivity index (χ2v) is 7.76. The molecule has 4 N–H and O–H groups in total. The van der Waals surface area contributed by atoms with Crippen LogP contribution in [0.5, 0.6) is 0 Å². The number of amidine groups is 1. The van der Waals surface area contributed by atoms with Gasteiger partial charge in [-0.1, -0.05) is 18.2 Å². The molecule has 0 fully saturated rings. The van der Waals surface area contributed by atoms with Gasteiger partial charge in [-0.3, -0.25) is 10.3 Å². The topological polar surface area (TPSA) is 83.7 Å². The molecule has 0 saturated heterocycles. The molecular formula is C23H24F2N6O. The van der Waals surface area contributed by atoms with E-state index in [4.69, 9.17) is 5.73 Å². The highest BCUT2D eigenvalue weighted by Gasteiger charge is 2.32. The van der Waals surface area contributed by atoms with Gasteiger partial charge < -0.3 is 20.0 Å². The third-order valence-corrected chi connectivity index (χ3v) is 5.80. The van der Waals surface area contributed by atoms with Crippen LogP contribution in [-0.2, 0) is 13.1 Å². The molecule has 0 radical (unpaired) electrons. The number of para-hydroxylation sites is 1. The molecule has 1 aliphatic heterocycles. The SMILES string of the molecule is NCCCn1cc(N2C(c3cn(CCF)c4ccccc34)=NNC2O)c2cc(F)ccc21. The molecule has 32 heavy (non-hydrogen) atoms. The molecule has 1 atom stereocenters. The van der Waals surface area contributed by atoms with Crippen LogP contribution in [-0.4, -0.2) is 39.6 Å². The Balaban J connectivity index is 1.66. The lowest BCUT2D eigenvalue weighted by Gasteiger charge is -2.22. The van der Waals surface area contributed by atoms with Crippen molar-refractivity contribution in [2.45, 2.75) is 25.9 Å². The first-order valence-electron chi connectivity index (χ1n) is 10.6. The molecule has 0 bridgehead atoms. The first-order chi connectivity index (χ1) is 15.6. The molecule has 7 nitrogen and oxygen atoms in total. The number of aliphatic hydroxyl groups is 1. The molecule has 1 unspecified atom stereocenters. The Morgan fingerprint density at radius 3 is 2.62 bits per heavy atom. The van der Waals surface area contributed by atoms with Gasteiger partial charge >= 0.3 is 0 Å². The van der Waals surface area contributed by atoms with Crippen LogP contribution in [0.25, 0.3) is 21.8 Å². The number of fused-ring (bicyclic) bond motifs is 2. The van der Waals surface area contributed by atoms with Crippen molar-refractivity contribution in [2.75, 3.05) is 18.1 Å². The van der Waals surface area contributed by atoms with E-state index in [9.17, 15) is 13.9 Å². The normalized spacial score (nSPS) is 16.2. The number of hydrogen-bond donors (Lipinski definition) is 3. The van der Waals surface area contributed by atoms with Crippen molar-refractivity contribution in [1.29, 1.82) is 0 Å². The summed E-state index contributed by atoms with van der Waals surface area (Å²) < 4.78 is 31.2. The summed E-state index contributed by atoms with van der Waals surface area (Å²) >= 11 is 0. The number of halogens is 2. The van der Waals surface area contributed by atoms with Crippen LogP contribution in [0.4, 0.5) is 14.5 Å². The largest absolute Gasteiger partial charge is 0.355 e. The van der Waals surface area contributed by atoms with Gasteiger partial charge in [0.1, 0.15) is 12.5 Å². The number of benzene rings is 2. The molecule has 0 aliphatic carbocycles. The van der Waals surface area contributed by atoms with Gasteiger partial charge in [-0.05, 0) is 37.2 Å². The molecule has 0 amide bonds. The third-order valence-electron chi connectivity index (χ3n) is 5.80. The predicted molar refractivity (Wildman–Crippen MR) is 122 cm³/mol. The number of nitrogens with zero attached hydrogens (tertiary/aromatic N) is 4. The van der Waals surface area contributed by atoms with E-state index in [1.165, 1.54) is 12.1 Å².